The largest absolute Gasteiger partial charge is 0.483 e. The molecule has 0 atom stereocenters. The number of urea groups is 3. The molecular weight excluding hydrogens is 1490 g/mol. The summed E-state index contributed by atoms with van der Waals surface area (Å²) in [7, 11) is 10.7. The predicted octanol–water partition coefficient (Wildman–Crippen LogP) is 6.75. The Balaban J connectivity index is 0.000000160. The lowest BCUT2D eigenvalue weighted by Gasteiger charge is -2.34. The van der Waals surface area contributed by atoms with Crippen molar-refractivity contribution < 1.29 is 62.1 Å². The summed E-state index contributed by atoms with van der Waals surface area (Å²) in [6.45, 7) is 8.41. The molecule has 6 aromatic heterocycles. The number of rotatable bonds is 23. The van der Waals surface area contributed by atoms with Crippen LogP contribution in [0.5, 0.6) is 5.75 Å². The molecule has 0 aromatic carbocycles. The molecule has 0 spiro atoms. The van der Waals surface area contributed by atoms with Crippen molar-refractivity contribution in [3.05, 3.63) is 133 Å². The summed E-state index contributed by atoms with van der Waals surface area (Å²) < 4.78 is 21.8. The summed E-state index contributed by atoms with van der Waals surface area (Å²) in [4.78, 5) is 156. The molecule has 2 saturated carbocycles. The number of carbonyl (C=O) groups excluding carboxylic acids is 9. The zero-order chi connectivity index (χ0) is 82.2. The van der Waals surface area contributed by atoms with E-state index in [4.69, 9.17) is 18.9 Å². The molecule has 3 saturated heterocycles. The second-order valence-electron chi connectivity index (χ2n) is 30.5. The SMILES string of the molecule is COC1CC(Cc2cc(NC(=O)N3CCCc4cc(CN5CCN(C)CC5=O)c(C=O)nc43)ncc2C#N)C1.COCC1(Oc2cc(NC(=O)N3CCCc4cc(CN5CCN(C)CC5=O)c(C=O)nc43)ncc2C#N)CC1.COCCCc1cc(NC(=O)N2CCCc3cc(CN4CCCN(C)CC4=O)c(C=O)nc32)ncc1C#N. The van der Waals surface area contributed by atoms with Crippen LogP contribution in [0.3, 0.4) is 0 Å². The fraction of sp³-hybridized carbons (Fsp3) is 0.488. The number of carbonyl (C=O) groups is 9. The normalized spacial score (nSPS) is 18.5. The minimum absolute atomic E-state index is 0.00687. The van der Waals surface area contributed by atoms with E-state index in [1.54, 1.807) is 48.2 Å². The van der Waals surface area contributed by atoms with Crippen molar-refractivity contribution in [1.29, 1.82) is 15.8 Å². The third-order valence-electron chi connectivity index (χ3n) is 22.0. The molecule has 0 bridgehead atoms. The Morgan fingerprint density at radius 1 is 0.509 bits per heavy atom. The van der Waals surface area contributed by atoms with E-state index in [0.29, 0.717) is 205 Å². The number of fused-ring (bicyclic) bond motifs is 3. The summed E-state index contributed by atoms with van der Waals surface area (Å²) in [5, 5.41) is 36.9. The number of aromatic nitrogens is 6. The Labute approximate surface area is 673 Å². The van der Waals surface area contributed by atoms with E-state index in [1.807, 2.05) is 54.0 Å². The van der Waals surface area contributed by atoms with Crippen LogP contribution in [0.2, 0.25) is 0 Å². The topological polar surface area (TPSA) is 405 Å². The van der Waals surface area contributed by atoms with E-state index in [0.717, 1.165) is 112 Å². The first-order valence-corrected chi connectivity index (χ1v) is 39.1. The second-order valence-corrected chi connectivity index (χ2v) is 30.5. The van der Waals surface area contributed by atoms with Gasteiger partial charge in [0.2, 0.25) is 17.7 Å². The molecule has 12 heterocycles. The first-order valence-electron chi connectivity index (χ1n) is 39.1. The zero-order valence-electron chi connectivity index (χ0n) is 66.4. The number of hydrogen-bond donors (Lipinski definition) is 3. The highest BCUT2D eigenvalue weighted by Gasteiger charge is 2.46. The van der Waals surface area contributed by atoms with E-state index in [9.17, 15) is 58.9 Å². The summed E-state index contributed by atoms with van der Waals surface area (Å²) >= 11 is 0. The molecule has 3 N–H and O–H groups in total. The van der Waals surface area contributed by atoms with Crippen molar-refractivity contribution in [2.75, 3.05) is 165 Å². The van der Waals surface area contributed by atoms with Gasteiger partial charge in [-0.1, -0.05) is 0 Å². The lowest BCUT2D eigenvalue weighted by Crippen LogP contribution is -2.48. The molecule has 8 aliphatic rings. The monoisotopic (exact) mass is 1580 g/mol. The van der Waals surface area contributed by atoms with Gasteiger partial charge < -0.3 is 33.6 Å². The van der Waals surface area contributed by atoms with Crippen molar-refractivity contribution in [1.82, 2.24) is 59.3 Å². The Kier molecular flexibility index (Phi) is 27.8. The molecule has 608 valence electrons. The molecule has 6 aromatic rings. The van der Waals surface area contributed by atoms with Gasteiger partial charge in [0.05, 0.1) is 49.7 Å². The number of ether oxygens (including phenoxy) is 4. The van der Waals surface area contributed by atoms with Gasteiger partial charge in [-0.15, -0.1) is 0 Å². The van der Waals surface area contributed by atoms with Gasteiger partial charge in [0.1, 0.15) is 87.1 Å². The van der Waals surface area contributed by atoms with Crippen LogP contribution < -0.4 is 35.4 Å². The minimum atomic E-state index is -0.462. The summed E-state index contributed by atoms with van der Waals surface area (Å²) in [5.74, 6) is 3.05. The van der Waals surface area contributed by atoms with Gasteiger partial charge in [0, 0.05) is 142 Å². The van der Waals surface area contributed by atoms with Gasteiger partial charge in [-0.25, -0.2) is 44.3 Å². The maximum absolute atomic E-state index is 13.3. The number of likely N-dealkylation sites (N-methyl/N-ethyl adjacent to an activating group) is 3. The Morgan fingerprint density at radius 3 is 1.34 bits per heavy atom. The minimum Gasteiger partial charge on any atom is -0.483 e. The Morgan fingerprint density at radius 2 is 0.922 bits per heavy atom. The Hall–Kier alpha value is -11.8. The van der Waals surface area contributed by atoms with Gasteiger partial charge in [0.15, 0.2) is 18.9 Å². The van der Waals surface area contributed by atoms with Crippen LogP contribution in [0.4, 0.5) is 49.3 Å². The average molecular weight is 1580 g/mol. The highest BCUT2D eigenvalue weighted by atomic mass is 16.5. The number of anilines is 6. The zero-order valence-corrected chi connectivity index (χ0v) is 66.4. The van der Waals surface area contributed by atoms with Crippen LogP contribution >= 0.6 is 0 Å². The molecule has 5 fully saturated rings. The third kappa shape index (κ3) is 20.4. The number of aldehydes is 3. The molecule has 34 heteroatoms. The molecule has 14 rings (SSSR count). The van der Waals surface area contributed by atoms with E-state index < -0.39 is 23.7 Å². The second kappa shape index (κ2) is 38.5. The van der Waals surface area contributed by atoms with Crippen LogP contribution in [-0.2, 0) is 80.3 Å². The van der Waals surface area contributed by atoms with Crippen molar-refractivity contribution in [3.8, 4) is 24.0 Å². The molecule has 6 aliphatic heterocycles. The standard InChI is InChI=1S/C28H33N7O4.C27H31N7O5.C27H33N7O4/c1-33-6-7-34(26(37)16-33)15-21-11-19-4-3-5-35(27(19)31-24(21)17-36)28(38)32-25-12-20(22(13-29)14-30-25)8-18-9-23(10-18)39-2;1-32-8-9-33(24(36)15-32)14-19-10-18-4-3-7-34(25(18)30-21(19)16-35)26(37)31-23-11-22(20(12-28)13-29-23)39-27(5-6-27)17-38-2;1-32-8-5-9-33(25(36)17-32)16-21-12-20-6-3-10-34(26(20)30-23(21)18-35)27(37)31-24-13-19(7-4-11-38-2)22(14-28)15-29-24/h11-12,14,17-18,23H,3-10,15-16H2,1-2H3,(H,30,32,38);10-11,13,16H,3-9,14-15,17H2,1-2H3,(H,29,31,37);12-13,15,18H,3-11,16-17H2,1-2H3,(H,29,31,37). The summed E-state index contributed by atoms with van der Waals surface area (Å²) in [6, 6.07) is 15.9. The van der Waals surface area contributed by atoms with Crippen LogP contribution in [0.1, 0.15) is 150 Å². The molecule has 0 radical (unpaired) electrons. The predicted molar refractivity (Wildman–Crippen MR) is 425 cm³/mol. The van der Waals surface area contributed by atoms with E-state index in [-0.39, 0.29) is 52.3 Å². The van der Waals surface area contributed by atoms with Gasteiger partial charge in [-0.3, -0.25) is 74.1 Å². The smallest absolute Gasteiger partial charge is 0.328 e. The number of methoxy groups -OCH3 is 3. The quantitative estimate of drug-likeness (QED) is 0.0441. The van der Waals surface area contributed by atoms with Crippen LogP contribution in [0.25, 0.3) is 0 Å². The summed E-state index contributed by atoms with van der Waals surface area (Å²) in [5.41, 5.74) is 7.68. The van der Waals surface area contributed by atoms with E-state index >= 15 is 0 Å². The Bertz CT molecular complexity index is 4840. The molecule has 0 unspecified atom stereocenters. The van der Waals surface area contributed by atoms with Crippen molar-refractivity contribution in [2.24, 2.45) is 5.92 Å². The number of nitrogens with zero attached hydrogens (tertiary/aromatic N) is 18. The highest BCUT2D eigenvalue weighted by molar-refractivity contribution is 6.04. The first kappa shape index (κ1) is 83.6. The highest BCUT2D eigenvalue weighted by Crippen LogP contribution is 2.42. The van der Waals surface area contributed by atoms with Gasteiger partial charge in [-0.05, 0) is 175 Å². The number of nitriles is 3. The molecule has 9 amide bonds. The third-order valence-corrected chi connectivity index (χ3v) is 22.0. The van der Waals surface area contributed by atoms with Crippen molar-refractivity contribution in [2.45, 2.75) is 121 Å². The maximum Gasteiger partial charge on any atom is 0.328 e. The molecule has 116 heavy (non-hydrogen) atoms. The number of pyridine rings is 6. The van der Waals surface area contributed by atoms with Crippen molar-refractivity contribution >= 4 is 89.6 Å². The first-order chi connectivity index (χ1) is 56.1. The number of amides is 9. The van der Waals surface area contributed by atoms with Crippen LogP contribution in [0, 0.1) is 39.9 Å². The van der Waals surface area contributed by atoms with Crippen molar-refractivity contribution in [3.63, 3.8) is 0 Å². The van der Waals surface area contributed by atoms with Crippen LogP contribution in [-0.4, -0.2) is 260 Å². The van der Waals surface area contributed by atoms with E-state index in [2.05, 4.69) is 64.1 Å². The van der Waals surface area contributed by atoms with Gasteiger partial charge >= 0.3 is 18.1 Å². The molecule has 2 aliphatic carbocycles. The lowest BCUT2D eigenvalue weighted by molar-refractivity contribution is -0.136. The van der Waals surface area contributed by atoms with E-state index in [1.165, 1.54) is 39.4 Å². The molecular formula is C82H97N21O13. The number of aryl methyl sites for hydroxylation is 4. The number of piperazine rings is 2. The fourth-order valence-electron chi connectivity index (χ4n) is 15.4. The van der Waals surface area contributed by atoms with Gasteiger partial charge in [-0.2, -0.15) is 15.8 Å². The molecule has 34 nitrogen and oxygen atoms in total. The van der Waals surface area contributed by atoms with Crippen LogP contribution in [0.15, 0.2) is 55.0 Å². The average Bonchev–Trinajstić information content (AvgIpc) is 0.938. The number of nitrogens with one attached hydrogen (secondary N) is 3. The number of hydrogen-bond acceptors (Lipinski definition) is 25. The van der Waals surface area contributed by atoms with Gasteiger partial charge in [0.25, 0.3) is 0 Å². The maximum atomic E-state index is 13.3. The summed E-state index contributed by atoms with van der Waals surface area (Å²) in [6.07, 6.45) is 17.4. The fourth-order valence-corrected chi connectivity index (χ4v) is 15.4. The lowest BCUT2D eigenvalue weighted by atomic mass is 9.78.